The number of nitrogens with zero attached hydrogens (tertiary/aromatic N) is 4. The molecule has 0 spiro atoms. The van der Waals surface area contributed by atoms with Crippen molar-refractivity contribution in [3.8, 4) is 11.5 Å². The zero-order valence-electron chi connectivity index (χ0n) is 14.1. The normalized spacial score (nSPS) is 17.3. The van der Waals surface area contributed by atoms with Crippen molar-refractivity contribution < 1.29 is 9.32 Å². The van der Waals surface area contributed by atoms with Crippen molar-refractivity contribution in [2.75, 3.05) is 11.4 Å². The molecule has 0 saturated carbocycles. The van der Waals surface area contributed by atoms with Gasteiger partial charge in [-0.05, 0) is 43.2 Å². The highest BCUT2D eigenvalue weighted by Crippen LogP contribution is 2.33. The third-order valence-electron chi connectivity index (χ3n) is 4.47. The summed E-state index contributed by atoms with van der Waals surface area (Å²) < 4.78 is 5.41. The molecule has 3 heterocycles. The summed E-state index contributed by atoms with van der Waals surface area (Å²) >= 11 is 0. The number of aryl methyl sites for hydroxylation is 2. The van der Waals surface area contributed by atoms with E-state index in [1.54, 1.807) is 6.20 Å². The van der Waals surface area contributed by atoms with Gasteiger partial charge >= 0.3 is 0 Å². The van der Waals surface area contributed by atoms with Crippen molar-refractivity contribution in [2.45, 2.75) is 26.2 Å². The van der Waals surface area contributed by atoms with E-state index >= 15 is 0 Å². The predicted octanol–water partition coefficient (Wildman–Crippen LogP) is 3.27. The molecule has 1 saturated heterocycles. The van der Waals surface area contributed by atoms with E-state index in [1.165, 1.54) is 0 Å². The van der Waals surface area contributed by atoms with Crippen molar-refractivity contribution in [1.29, 1.82) is 0 Å². The molecule has 1 unspecified atom stereocenters. The highest BCUT2D eigenvalue weighted by atomic mass is 16.5. The van der Waals surface area contributed by atoms with E-state index in [-0.39, 0.29) is 11.8 Å². The molecular formula is C19H18N4O2. The molecule has 1 aromatic carbocycles. The van der Waals surface area contributed by atoms with Crippen LogP contribution >= 0.6 is 0 Å². The van der Waals surface area contributed by atoms with E-state index in [1.807, 2.05) is 55.1 Å². The smallest absolute Gasteiger partial charge is 0.232 e. The number of hydrogen-bond acceptors (Lipinski definition) is 5. The fourth-order valence-electron chi connectivity index (χ4n) is 3.12. The second-order valence-corrected chi connectivity index (χ2v) is 6.37. The summed E-state index contributed by atoms with van der Waals surface area (Å²) in [7, 11) is 0. The van der Waals surface area contributed by atoms with Crippen molar-refractivity contribution >= 4 is 11.6 Å². The Hall–Kier alpha value is -3.02. The van der Waals surface area contributed by atoms with Crippen molar-refractivity contribution in [3.63, 3.8) is 0 Å². The summed E-state index contributed by atoms with van der Waals surface area (Å²) in [6.07, 6.45) is 2.06. The molecule has 0 aliphatic carbocycles. The maximum absolute atomic E-state index is 12.5. The lowest BCUT2D eigenvalue weighted by Gasteiger charge is -2.19. The Bertz CT molecular complexity index is 920. The van der Waals surface area contributed by atoms with E-state index < -0.39 is 0 Å². The van der Waals surface area contributed by atoms with Gasteiger partial charge in [-0.3, -0.25) is 9.78 Å². The van der Waals surface area contributed by atoms with Crippen LogP contribution in [0.3, 0.4) is 0 Å². The van der Waals surface area contributed by atoms with Crippen LogP contribution < -0.4 is 4.90 Å². The molecular weight excluding hydrogens is 316 g/mol. The Kier molecular flexibility index (Phi) is 3.80. The predicted molar refractivity (Wildman–Crippen MR) is 93.2 cm³/mol. The third kappa shape index (κ3) is 2.91. The number of aromatic nitrogens is 3. The molecule has 0 bridgehead atoms. The summed E-state index contributed by atoms with van der Waals surface area (Å²) in [5.74, 6) is 0.920. The van der Waals surface area contributed by atoms with Crippen LogP contribution in [0.1, 0.15) is 29.4 Å². The minimum absolute atomic E-state index is 0.0799. The lowest BCUT2D eigenvalue weighted by molar-refractivity contribution is -0.117. The SMILES string of the molecule is Cc1ccc(C)c(N2CC(c3nc(-c4ccccn4)no3)CC2=O)c1. The van der Waals surface area contributed by atoms with Gasteiger partial charge in [-0.1, -0.05) is 23.4 Å². The van der Waals surface area contributed by atoms with Gasteiger partial charge in [0.25, 0.3) is 0 Å². The number of benzene rings is 1. The molecule has 3 aromatic rings. The standard InChI is InChI=1S/C19H18N4O2/c1-12-6-7-13(2)16(9-12)23-11-14(10-17(23)24)19-21-18(22-25-19)15-5-3-4-8-20-15/h3-9,14H,10-11H2,1-2H3. The number of amides is 1. The molecule has 6 nitrogen and oxygen atoms in total. The Morgan fingerprint density at radius 2 is 2.08 bits per heavy atom. The van der Waals surface area contributed by atoms with Gasteiger partial charge in [0.15, 0.2) is 0 Å². The minimum Gasteiger partial charge on any atom is -0.339 e. The highest BCUT2D eigenvalue weighted by Gasteiger charge is 2.35. The molecule has 1 fully saturated rings. The van der Waals surface area contributed by atoms with E-state index in [2.05, 4.69) is 15.1 Å². The van der Waals surface area contributed by atoms with Gasteiger partial charge in [0.2, 0.25) is 17.6 Å². The lowest BCUT2D eigenvalue weighted by atomic mass is 10.1. The Morgan fingerprint density at radius 3 is 2.88 bits per heavy atom. The topological polar surface area (TPSA) is 72.1 Å². The number of anilines is 1. The Labute approximate surface area is 145 Å². The van der Waals surface area contributed by atoms with Crippen molar-refractivity contribution in [3.05, 3.63) is 59.6 Å². The average Bonchev–Trinajstić information content (AvgIpc) is 3.25. The zero-order chi connectivity index (χ0) is 17.4. The van der Waals surface area contributed by atoms with Crippen molar-refractivity contribution in [1.82, 2.24) is 15.1 Å². The van der Waals surface area contributed by atoms with Crippen LogP contribution in [0.4, 0.5) is 5.69 Å². The van der Waals surface area contributed by atoms with Gasteiger partial charge in [0.1, 0.15) is 5.69 Å². The van der Waals surface area contributed by atoms with Gasteiger partial charge in [-0.15, -0.1) is 0 Å². The first-order valence-electron chi connectivity index (χ1n) is 8.24. The molecule has 4 rings (SSSR count). The molecule has 6 heteroatoms. The third-order valence-corrected chi connectivity index (χ3v) is 4.47. The van der Waals surface area contributed by atoms with Crippen LogP contribution in [0.25, 0.3) is 11.5 Å². The molecule has 2 aromatic heterocycles. The summed E-state index contributed by atoms with van der Waals surface area (Å²) in [5, 5.41) is 4.01. The molecule has 1 atom stereocenters. The Balaban J connectivity index is 1.59. The maximum atomic E-state index is 12.5. The van der Waals surface area contributed by atoms with Crippen LogP contribution in [-0.4, -0.2) is 27.6 Å². The Morgan fingerprint density at radius 1 is 1.20 bits per heavy atom. The fourth-order valence-corrected chi connectivity index (χ4v) is 3.12. The largest absolute Gasteiger partial charge is 0.339 e. The average molecular weight is 334 g/mol. The van der Waals surface area contributed by atoms with Gasteiger partial charge in [-0.2, -0.15) is 4.98 Å². The first-order chi connectivity index (χ1) is 12.1. The first-order valence-corrected chi connectivity index (χ1v) is 8.24. The van der Waals surface area contributed by atoms with Crippen LogP contribution in [0.2, 0.25) is 0 Å². The molecule has 0 N–H and O–H groups in total. The number of carbonyl (C=O) groups excluding carboxylic acids is 1. The minimum atomic E-state index is -0.0997. The molecule has 25 heavy (non-hydrogen) atoms. The molecule has 126 valence electrons. The summed E-state index contributed by atoms with van der Waals surface area (Å²) in [4.78, 5) is 23.0. The molecule has 1 aliphatic rings. The summed E-state index contributed by atoms with van der Waals surface area (Å²) in [6, 6.07) is 11.7. The molecule has 0 radical (unpaired) electrons. The van der Waals surface area contributed by atoms with Crippen molar-refractivity contribution in [2.24, 2.45) is 0 Å². The van der Waals surface area contributed by atoms with Crippen LogP contribution in [0.15, 0.2) is 47.1 Å². The van der Waals surface area contributed by atoms with Gasteiger partial charge in [0, 0.05) is 24.8 Å². The van der Waals surface area contributed by atoms with Crippen LogP contribution in [0.5, 0.6) is 0 Å². The second kappa shape index (κ2) is 6.12. The van der Waals surface area contributed by atoms with Gasteiger partial charge in [0.05, 0.1) is 5.92 Å². The van der Waals surface area contributed by atoms with Gasteiger partial charge < -0.3 is 9.42 Å². The number of pyridine rings is 1. The molecule has 1 aliphatic heterocycles. The van der Waals surface area contributed by atoms with Gasteiger partial charge in [-0.25, -0.2) is 0 Å². The maximum Gasteiger partial charge on any atom is 0.232 e. The van der Waals surface area contributed by atoms with E-state index in [9.17, 15) is 4.79 Å². The highest BCUT2D eigenvalue weighted by molar-refractivity contribution is 5.97. The quantitative estimate of drug-likeness (QED) is 0.735. The van der Waals surface area contributed by atoms with Crippen LogP contribution in [-0.2, 0) is 4.79 Å². The first kappa shape index (κ1) is 15.5. The lowest BCUT2D eigenvalue weighted by Crippen LogP contribution is -2.25. The second-order valence-electron chi connectivity index (χ2n) is 6.37. The van der Waals surface area contributed by atoms with E-state index in [0.717, 1.165) is 16.8 Å². The van der Waals surface area contributed by atoms with E-state index in [0.29, 0.717) is 30.4 Å². The van der Waals surface area contributed by atoms with Crippen LogP contribution in [0, 0.1) is 13.8 Å². The monoisotopic (exact) mass is 334 g/mol. The summed E-state index contributed by atoms with van der Waals surface area (Å²) in [6.45, 7) is 4.59. The fraction of sp³-hybridized carbons (Fsp3) is 0.263. The van der Waals surface area contributed by atoms with E-state index in [4.69, 9.17) is 4.52 Å². The number of carbonyl (C=O) groups is 1. The molecule has 1 amide bonds. The summed E-state index contributed by atoms with van der Waals surface area (Å²) in [5.41, 5.74) is 3.83. The number of rotatable bonds is 3. The zero-order valence-corrected chi connectivity index (χ0v) is 14.1. The number of hydrogen-bond donors (Lipinski definition) is 0.